The van der Waals surface area contributed by atoms with Gasteiger partial charge in [-0.25, -0.2) is 4.98 Å². The fourth-order valence-corrected chi connectivity index (χ4v) is 4.29. The molecule has 140 valence electrons. The smallest absolute Gasteiger partial charge is 0.194 e. The number of rotatable bonds is 4. The van der Waals surface area contributed by atoms with E-state index in [1.165, 1.54) is 16.0 Å². The second-order valence-electron chi connectivity index (χ2n) is 6.89. The Hall–Kier alpha value is -1.92. The number of aliphatic imine (C=N–C) groups is 1. The molecule has 0 bridgehead atoms. The molecule has 3 rings (SSSR count). The zero-order chi connectivity index (χ0) is 18.5. The molecular weight excluding hydrogens is 342 g/mol. The quantitative estimate of drug-likeness (QED) is 0.663. The van der Waals surface area contributed by atoms with Gasteiger partial charge in [0.2, 0.25) is 0 Å². The van der Waals surface area contributed by atoms with Crippen molar-refractivity contribution in [2.24, 2.45) is 4.99 Å². The lowest BCUT2D eigenvalue weighted by atomic mass is 10.1. The van der Waals surface area contributed by atoms with Crippen molar-refractivity contribution in [3.8, 4) is 0 Å². The van der Waals surface area contributed by atoms with Crippen molar-refractivity contribution in [2.45, 2.75) is 33.9 Å². The predicted octanol–water partition coefficient (Wildman–Crippen LogP) is 2.96. The third-order valence-electron chi connectivity index (χ3n) is 4.78. The molecule has 0 aliphatic carbocycles. The second kappa shape index (κ2) is 8.64. The van der Waals surface area contributed by atoms with Crippen LogP contribution >= 0.6 is 11.3 Å². The number of hydrogen-bond acceptors (Lipinski definition) is 4. The maximum atomic E-state index is 4.50. The highest BCUT2D eigenvalue weighted by atomic mass is 32.1. The van der Waals surface area contributed by atoms with Gasteiger partial charge in [0.15, 0.2) is 5.96 Å². The van der Waals surface area contributed by atoms with E-state index in [4.69, 9.17) is 0 Å². The van der Waals surface area contributed by atoms with E-state index in [0.717, 1.165) is 55.9 Å². The number of thiazole rings is 1. The Kier molecular flexibility index (Phi) is 6.27. The van der Waals surface area contributed by atoms with Gasteiger partial charge in [0.1, 0.15) is 0 Å². The maximum absolute atomic E-state index is 4.50. The summed E-state index contributed by atoms with van der Waals surface area (Å²) in [6.07, 6.45) is 0. The van der Waals surface area contributed by atoms with E-state index in [1.54, 1.807) is 11.3 Å². The molecule has 0 radical (unpaired) electrons. The van der Waals surface area contributed by atoms with E-state index in [1.807, 2.05) is 7.05 Å². The van der Waals surface area contributed by atoms with Crippen LogP contribution in [0.2, 0.25) is 0 Å². The number of piperazine rings is 1. The van der Waals surface area contributed by atoms with Gasteiger partial charge in [-0.05, 0) is 26.3 Å². The minimum Gasteiger partial charge on any atom is -0.351 e. The molecule has 0 atom stereocenters. The van der Waals surface area contributed by atoms with Crippen molar-refractivity contribution in [1.29, 1.82) is 0 Å². The summed E-state index contributed by atoms with van der Waals surface area (Å²) in [7, 11) is 1.87. The SMILES string of the molecule is CN=C(NCc1sc(C)nc1C)N1CCN(Cc2cccc(C)c2)CC1. The first-order valence-electron chi connectivity index (χ1n) is 9.21. The lowest BCUT2D eigenvalue weighted by Gasteiger charge is -2.36. The van der Waals surface area contributed by atoms with Gasteiger partial charge in [-0.3, -0.25) is 9.89 Å². The molecule has 5 nitrogen and oxygen atoms in total. The Morgan fingerprint density at radius 1 is 1.19 bits per heavy atom. The molecule has 1 aliphatic heterocycles. The number of aromatic nitrogens is 1. The number of benzene rings is 1. The van der Waals surface area contributed by atoms with Crippen LogP contribution in [0.15, 0.2) is 29.3 Å². The highest BCUT2D eigenvalue weighted by Crippen LogP contribution is 2.17. The molecule has 2 heterocycles. The van der Waals surface area contributed by atoms with Gasteiger partial charge in [0.25, 0.3) is 0 Å². The van der Waals surface area contributed by atoms with Gasteiger partial charge in [-0.15, -0.1) is 11.3 Å². The molecule has 0 saturated carbocycles. The van der Waals surface area contributed by atoms with Crippen molar-refractivity contribution in [2.75, 3.05) is 33.2 Å². The average Bonchev–Trinajstić information content (AvgIpc) is 2.94. The fourth-order valence-electron chi connectivity index (χ4n) is 3.42. The fraction of sp³-hybridized carbons (Fsp3) is 0.500. The Morgan fingerprint density at radius 2 is 1.96 bits per heavy atom. The largest absolute Gasteiger partial charge is 0.351 e. The monoisotopic (exact) mass is 371 g/mol. The minimum atomic E-state index is 0.799. The summed E-state index contributed by atoms with van der Waals surface area (Å²) < 4.78 is 0. The third-order valence-corrected chi connectivity index (χ3v) is 5.85. The van der Waals surface area contributed by atoms with E-state index in [-0.39, 0.29) is 0 Å². The summed E-state index contributed by atoms with van der Waals surface area (Å²) in [6, 6.07) is 8.81. The minimum absolute atomic E-state index is 0.799. The van der Waals surface area contributed by atoms with Crippen molar-refractivity contribution in [3.05, 3.63) is 51.0 Å². The first kappa shape index (κ1) is 18.9. The molecule has 1 aromatic heterocycles. The average molecular weight is 372 g/mol. The van der Waals surface area contributed by atoms with Crippen molar-refractivity contribution in [3.63, 3.8) is 0 Å². The van der Waals surface area contributed by atoms with Crippen molar-refractivity contribution in [1.82, 2.24) is 20.1 Å². The number of aryl methyl sites for hydroxylation is 3. The van der Waals surface area contributed by atoms with Gasteiger partial charge < -0.3 is 10.2 Å². The lowest BCUT2D eigenvalue weighted by molar-refractivity contribution is 0.172. The number of nitrogens with one attached hydrogen (secondary N) is 1. The van der Waals surface area contributed by atoms with Gasteiger partial charge in [-0.1, -0.05) is 29.8 Å². The van der Waals surface area contributed by atoms with Crippen LogP contribution in [0.25, 0.3) is 0 Å². The van der Waals surface area contributed by atoms with E-state index < -0.39 is 0 Å². The van der Waals surface area contributed by atoms with Gasteiger partial charge in [-0.2, -0.15) is 0 Å². The first-order chi connectivity index (χ1) is 12.5. The Morgan fingerprint density at radius 3 is 2.58 bits per heavy atom. The van der Waals surface area contributed by atoms with Crippen LogP contribution in [-0.4, -0.2) is 54.0 Å². The zero-order valence-electron chi connectivity index (χ0n) is 16.2. The van der Waals surface area contributed by atoms with Crippen LogP contribution in [0, 0.1) is 20.8 Å². The molecular formula is C20H29N5S. The molecule has 1 saturated heterocycles. The summed E-state index contributed by atoms with van der Waals surface area (Å²) in [5.41, 5.74) is 3.86. The van der Waals surface area contributed by atoms with E-state index in [2.05, 4.69) is 70.1 Å². The molecule has 1 fully saturated rings. The molecule has 0 amide bonds. The van der Waals surface area contributed by atoms with Crippen LogP contribution in [0.4, 0.5) is 0 Å². The highest BCUT2D eigenvalue weighted by molar-refractivity contribution is 7.11. The van der Waals surface area contributed by atoms with E-state index in [0.29, 0.717) is 0 Å². The molecule has 1 aliphatic rings. The molecule has 26 heavy (non-hydrogen) atoms. The Balaban J connectivity index is 1.50. The van der Waals surface area contributed by atoms with Crippen LogP contribution in [-0.2, 0) is 13.1 Å². The van der Waals surface area contributed by atoms with Crippen LogP contribution in [0.3, 0.4) is 0 Å². The van der Waals surface area contributed by atoms with Gasteiger partial charge in [0.05, 0.1) is 17.2 Å². The summed E-state index contributed by atoms with van der Waals surface area (Å²) in [5.74, 6) is 0.991. The van der Waals surface area contributed by atoms with Crippen molar-refractivity contribution < 1.29 is 0 Å². The predicted molar refractivity (Wildman–Crippen MR) is 110 cm³/mol. The molecule has 0 spiro atoms. The van der Waals surface area contributed by atoms with Crippen LogP contribution < -0.4 is 5.32 Å². The summed E-state index contributed by atoms with van der Waals surface area (Å²) in [6.45, 7) is 12.3. The number of hydrogen-bond donors (Lipinski definition) is 1. The van der Waals surface area contributed by atoms with Crippen LogP contribution in [0.1, 0.15) is 26.7 Å². The highest BCUT2D eigenvalue weighted by Gasteiger charge is 2.20. The molecule has 1 N–H and O–H groups in total. The molecule has 2 aromatic rings. The molecule has 6 heteroatoms. The number of guanidine groups is 1. The standard InChI is InChI=1S/C20H29N5S/c1-15-6-5-7-18(12-15)14-24-8-10-25(11-9-24)20(21-4)22-13-19-16(2)23-17(3)26-19/h5-7,12H,8-11,13-14H2,1-4H3,(H,21,22). The Bertz CT molecular complexity index is 759. The first-order valence-corrected chi connectivity index (χ1v) is 10.0. The summed E-state index contributed by atoms with van der Waals surface area (Å²) >= 11 is 1.76. The van der Waals surface area contributed by atoms with E-state index in [9.17, 15) is 0 Å². The summed E-state index contributed by atoms with van der Waals surface area (Å²) in [5, 5.41) is 4.63. The zero-order valence-corrected chi connectivity index (χ0v) is 17.1. The second-order valence-corrected chi connectivity index (χ2v) is 8.18. The van der Waals surface area contributed by atoms with E-state index >= 15 is 0 Å². The molecule has 1 aromatic carbocycles. The lowest BCUT2D eigenvalue weighted by Crippen LogP contribution is -2.52. The van der Waals surface area contributed by atoms with Crippen molar-refractivity contribution >= 4 is 17.3 Å². The maximum Gasteiger partial charge on any atom is 0.194 e. The number of nitrogens with zero attached hydrogens (tertiary/aromatic N) is 4. The summed E-state index contributed by atoms with van der Waals surface area (Å²) in [4.78, 5) is 15.2. The Labute approximate surface area is 160 Å². The molecule has 0 unspecified atom stereocenters. The van der Waals surface area contributed by atoms with Gasteiger partial charge >= 0.3 is 0 Å². The van der Waals surface area contributed by atoms with Gasteiger partial charge in [0, 0.05) is 44.6 Å². The third kappa shape index (κ3) is 4.83. The topological polar surface area (TPSA) is 43.8 Å². The normalized spacial score (nSPS) is 16.2. The van der Waals surface area contributed by atoms with Crippen LogP contribution in [0.5, 0.6) is 0 Å².